The second-order valence-electron chi connectivity index (χ2n) is 22.2. The topological polar surface area (TPSA) is 307 Å². The van der Waals surface area contributed by atoms with Crippen LogP contribution in [0, 0.1) is 0 Å². The summed E-state index contributed by atoms with van der Waals surface area (Å²) < 4.78 is 34.0. The molecule has 0 radical (unpaired) electrons. The second-order valence-corrected chi connectivity index (χ2v) is 22.2. The molecule has 79 heavy (non-hydrogen) atoms. The number of unbranched alkanes of at least 4 members (excludes halogenated alkanes) is 23. The van der Waals surface area contributed by atoms with Gasteiger partial charge in [-0.1, -0.05) is 185 Å². The SMILES string of the molecule is CCCCCCC/C=C\C/C=C\C/C=C\CCCCCCCCCCCCCCCCCCC(=O)NC(COC1OC(CO)C(OC2OC(CO)C(OC3OC(CO)C(O)C(O)C3O)C(O)C2O)C(O)C1O)C(O)CCCCC. The minimum Gasteiger partial charge on any atom is -0.394 e. The highest BCUT2D eigenvalue weighted by atomic mass is 16.8. The average Bonchev–Trinajstić information content (AvgIpc) is 3.55. The first-order valence-electron chi connectivity index (χ1n) is 30.7. The zero-order valence-electron chi connectivity index (χ0n) is 48.1. The number of hydrogen-bond acceptors (Lipinski definition) is 18. The van der Waals surface area contributed by atoms with E-state index in [1.807, 2.05) is 6.92 Å². The molecule has 3 heterocycles. The fraction of sp³-hybridized carbons (Fsp3) is 0.883. The summed E-state index contributed by atoms with van der Waals surface area (Å²) in [6.07, 6.45) is 21.0. The quantitative estimate of drug-likeness (QED) is 0.0257. The van der Waals surface area contributed by atoms with Crippen molar-refractivity contribution < 1.29 is 89.4 Å². The van der Waals surface area contributed by atoms with Crippen LogP contribution in [0.25, 0.3) is 0 Å². The van der Waals surface area contributed by atoms with E-state index in [0.29, 0.717) is 19.3 Å². The molecule has 1 amide bonds. The van der Waals surface area contributed by atoms with Crippen molar-refractivity contribution in [2.75, 3.05) is 26.4 Å². The third-order valence-corrected chi connectivity index (χ3v) is 15.5. The van der Waals surface area contributed by atoms with Gasteiger partial charge in [-0.25, -0.2) is 0 Å². The number of hydrogen-bond donors (Lipinski definition) is 12. The number of nitrogens with one attached hydrogen (secondary N) is 1. The highest BCUT2D eigenvalue weighted by Crippen LogP contribution is 2.33. The van der Waals surface area contributed by atoms with Crippen LogP contribution in [-0.2, 0) is 33.2 Å². The molecule has 0 aromatic rings. The summed E-state index contributed by atoms with van der Waals surface area (Å²) in [4.78, 5) is 13.2. The number of ether oxygens (including phenoxy) is 6. The van der Waals surface area contributed by atoms with Gasteiger partial charge in [-0.15, -0.1) is 0 Å². The first-order valence-corrected chi connectivity index (χ1v) is 30.7. The summed E-state index contributed by atoms with van der Waals surface area (Å²) in [6, 6.07) is -0.882. The van der Waals surface area contributed by atoms with Gasteiger partial charge in [-0.2, -0.15) is 0 Å². The minimum atomic E-state index is -1.97. The Kier molecular flexibility index (Phi) is 39.4. The van der Waals surface area contributed by atoms with Crippen LogP contribution in [0.4, 0.5) is 0 Å². The zero-order chi connectivity index (χ0) is 57.6. The van der Waals surface area contributed by atoms with E-state index < -0.39 is 124 Å². The molecule has 462 valence electrons. The van der Waals surface area contributed by atoms with Gasteiger partial charge in [0.15, 0.2) is 18.9 Å². The van der Waals surface area contributed by atoms with Crippen molar-refractivity contribution in [3.63, 3.8) is 0 Å². The molecule has 17 unspecified atom stereocenters. The lowest BCUT2D eigenvalue weighted by Crippen LogP contribution is -2.66. The van der Waals surface area contributed by atoms with Crippen LogP contribution >= 0.6 is 0 Å². The molecule has 19 nitrogen and oxygen atoms in total. The maximum absolute atomic E-state index is 13.2. The van der Waals surface area contributed by atoms with E-state index in [9.17, 15) is 61.0 Å². The number of aliphatic hydroxyl groups is 11. The lowest BCUT2D eigenvalue weighted by Gasteiger charge is -2.48. The lowest BCUT2D eigenvalue weighted by molar-refractivity contribution is -0.379. The molecule has 0 spiro atoms. The predicted molar refractivity (Wildman–Crippen MR) is 300 cm³/mol. The van der Waals surface area contributed by atoms with Gasteiger partial charge in [0.05, 0.1) is 38.6 Å². The highest BCUT2D eigenvalue weighted by molar-refractivity contribution is 5.76. The Morgan fingerprint density at radius 1 is 0.456 bits per heavy atom. The van der Waals surface area contributed by atoms with Gasteiger partial charge in [0.2, 0.25) is 5.91 Å². The summed E-state index contributed by atoms with van der Waals surface area (Å²) in [7, 11) is 0. The molecule has 12 N–H and O–H groups in total. The Morgan fingerprint density at radius 3 is 1.30 bits per heavy atom. The van der Waals surface area contributed by atoms with Crippen LogP contribution in [0.15, 0.2) is 36.5 Å². The Balaban J connectivity index is 1.28. The normalized spacial score (nSPS) is 30.5. The van der Waals surface area contributed by atoms with Crippen molar-refractivity contribution in [1.29, 1.82) is 0 Å². The Hall–Kier alpha value is -1.99. The highest BCUT2D eigenvalue weighted by Gasteiger charge is 2.53. The molecule has 0 saturated carbocycles. The van der Waals surface area contributed by atoms with Crippen molar-refractivity contribution in [2.24, 2.45) is 0 Å². The molecular weight excluding hydrogens is 1020 g/mol. The second kappa shape index (κ2) is 43.6. The summed E-state index contributed by atoms with van der Waals surface area (Å²) in [6.45, 7) is 1.58. The zero-order valence-corrected chi connectivity index (χ0v) is 48.1. The van der Waals surface area contributed by atoms with Gasteiger partial charge in [0, 0.05) is 6.42 Å². The smallest absolute Gasteiger partial charge is 0.220 e. The van der Waals surface area contributed by atoms with Gasteiger partial charge in [-0.05, 0) is 51.4 Å². The summed E-state index contributed by atoms with van der Waals surface area (Å²) in [5, 5.41) is 119. The first-order chi connectivity index (χ1) is 38.3. The fourth-order valence-electron chi connectivity index (χ4n) is 10.4. The van der Waals surface area contributed by atoms with Crippen LogP contribution < -0.4 is 5.32 Å². The van der Waals surface area contributed by atoms with Gasteiger partial charge >= 0.3 is 0 Å². The standard InChI is InChI=1S/C60H109NO18/c1-3-5-7-8-9-10-11-12-13-14-15-16-17-18-19-20-21-22-23-24-25-26-27-28-29-30-31-32-33-34-36-38-48(66)61-43(44(65)37-35-6-4-2)42-74-58-54(72)51(69)56(46(40-63)76-58)79-60-55(73)52(70)57(47(41-64)77-60)78-59-53(71)50(68)49(67)45(39-62)75-59/h11-12,14-15,17-18,43-47,49-60,62-65,67-73H,3-10,13,16,19-42H2,1-2H3,(H,61,66)/b12-11-,15-14-,18-17-. The molecule has 0 bridgehead atoms. The molecule has 3 aliphatic rings. The first kappa shape index (κ1) is 71.3. The molecule has 0 aromatic carbocycles. The van der Waals surface area contributed by atoms with Crippen LogP contribution in [0.5, 0.6) is 0 Å². The van der Waals surface area contributed by atoms with E-state index in [2.05, 4.69) is 48.7 Å². The third kappa shape index (κ3) is 27.5. The van der Waals surface area contributed by atoms with E-state index >= 15 is 0 Å². The molecule has 3 fully saturated rings. The minimum absolute atomic E-state index is 0.255. The molecule has 0 aliphatic carbocycles. The lowest BCUT2D eigenvalue weighted by atomic mass is 9.96. The summed E-state index contributed by atoms with van der Waals surface area (Å²) >= 11 is 0. The Labute approximate surface area is 472 Å². The van der Waals surface area contributed by atoms with Crippen molar-refractivity contribution in [2.45, 2.75) is 311 Å². The van der Waals surface area contributed by atoms with Crippen LogP contribution in [0.3, 0.4) is 0 Å². The average molecular weight is 1130 g/mol. The monoisotopic (exact) mass is 1130 g/mol. The van der Waals surface area contributed by atoms with E-state index in [-0.39, 0.29) is 18.9 Å². The fourth-order valence-corrected chi connectivity index (χ4v) is 10.4. The molecule has 3 aliphatic heterocycles. The number of rotatable bonds is 45. The Morgan fingerprint density at radius 2 is 0.835 bits per heavy atom. The molecule has 3 rings (SSSR count). The number of carbonyl (C=O) groups excluding carboxylic acids is 1. The van der Waals surface area contributed by atoms with Crippen LogP contribution in [0.2, 0.25) is 0 Å². The number of carbonyl (C=O) groups is 1. The van der Waals surface area contributed by atoms with Crippen LogP contribution in [0.1, 0.15) is 206 Å². The molecule has 17 atom stereocenters. The number of amides is 1. The van der Waals surface area contributed by atoms with Crippen molar-refractivity contribution in [3.05, 3.63) is 36.5 Å². The number of aliphatic hydroxyl groups excluding tert-OH is 11. The van der Waals surface area contributed by atoms with E-state index in [1.165, 1.54) is 122 Å². The largest absolute Gasteiger partial charge is 0.394 e. The van der Waals surface area contributed by atoms with Crippen molar-refractivity contribution in [1.82, 2.24) is 5.32 Å². The van der Waals surface area contributed by atoms with Gasteiger partial charge < -0.3 is 89.9 Å². The van der Waals surface area contributed by atoms with E-state index in [4.69, 9.17) is 28.4 Å². The van der Waals surface area contributed by atoms with Gasteiger partial charge in [0.1, 0.15) is 73.2 Å². The molecule has 19 heteroatoms. The maximum Gasteiger partial charge on any atom is 0.220 e. The summed E-state index contributed by atoms with van der Waals surface area (Å²) in [5.74, 6) is -0.255. The Bertz CT molecular complexity index is 1590. The number of allylic oxidation sites excluding steroid dienone is 6. The molecular formula is C60H109NO18. The van der Waals surface area contributed by atoms with Crippen LogP contribution in [-0.4, -0.2) is 193 Å². The maximum atomic E-state index is 13.2. The van der Waals surface area contributed by atoms with Crippen molar-refractivity contribution in [3.8, 4) is 0 Å². The molecule has 3 saturated heterocycles. The summed E-state index contributed by atoms with van der Waals surface area (Å²) in [5.41, 5.74) is 0. The van der Waals surface area contributed by atoms with Gasteiger partial charge in [-0.3, -0.25) is 4.79 Å². The predicted octanol–water partition coefficient (Wildman–Crippen LogP) is 5.71. The van der Waals surface area contributed by atoms with E-state index in [1.54, 1.807) is 0 Å². The van der Waals surface area contributed by atoms with E-state index in [0.717, 1.165) is 44.9 Å². The molecule has 0 aromatic heterocycles. The van der Waals surface area contributed by atoms with Crippen molar-refractivity contribution >= 4 is 5.91 Å². The third-order valence-electron chi connectivity index (χ3n) is 15.5. The van der Waals surface area contributed by atoms with Gasteiger partial charge in [0.25, 0.3) is 0 Å².